The van der Waals surface area contributed by atoms with Gasteiger partial charge in [-0.1, -0.05) is 24.3 Å². The molecule has 2 saturated heterocycles. The second-order valence-electron chi connectivity index (χ2n) is 9.04. The summed E-state index contributed by atoms with van der Waals surface area (Å²) in [5.41, 5.74) is 2.96. The minimum atomic E-state index is -0.505. The van der Waals surface area contributed by atoms with Gasteiger partial charge in [-0.2, -0.15) is 0 Å². The minimum Gasteiger partial charge on any atom is -0.381 e. The Balaban J connectivity index is 1.48. The third-order valence-electron chi connectivity index (χ3n) is 6.97. The lowest BCUT2D eigenvalue weighted by molar-refractivity contribution is -0.0949. The molecule has 176 valence electrons. The molecular formula is C27H33FN2O3. The highest BCUT2D eigenvalue weighted by molar-refractivity contribution is 5.92. The highest BCUT2D eigenvalue weighted by Crippen LogP contribution is 2.36. The summed E-state index contributed by atoms with van der Waals surface area (Å²) in [5.74, 6) is -0.276. The molecule has 2 heterocycles. The van der Waals surface area contributed by atoms with Crippen LogP contribution in [0.2, 0.25) is 0 Å². The number of anilines is 1. The number of urea groups is 1. The molecule has 0 bridgehead atoms. The highest BCUT2D eigenvalue weighted by atomic mass is 19.1. The first-order chi connectivity index (χ1) is 15.9. The van der Waals surface area contributed by atoms with Crippen LogP contribution in [0.25, 0.3) is 12.2 Å². The largest absolute Gasteiger partial charge is 0.381 e. The van der Waals surface area contributed by atoms with Gasteiger partial charge in [0, 0.05) is 58.5 Å². The van der Waals surface area contributed by atoms with Crippen molar-refractivity contribution in [1.29, 1.82) is 0 Å². The summed E-state index contributed by atoms with van der Waals surface area (Å²) in [6.07, 6.45) is 7.40. The molecule has 2 aliphatic rings. The number of hydrogen-bond acceptors (Lipinski definition) is 3. The minimum absolute atomic E-state index is 0.0377. The molecule has 33 heavy (non-hydrogen) atoms. The molecule has 2 fully saturated rings. The van der Waals surface area contributed by atoms with E-state index in [4.69, 9.17) is 9.47 Å². The van der Waals surface area contributed by atoms with Crippen molar-refractivity contribution in [1.82, 2.24) is 4.90 Å². The van der Waals surface area contributed by atoms with E-state index in [1.165, 1.54) is 6.07 Å². The van der Waals surface area contributed by atoms with Crippen LogP contribution in [-0.2, 0) is 15.1 Å². The monoisotopic (exact) mass is 452 g/mol. The summed E-state index contributed by atoms with van der Waals surface area (Å²) in [4.78, 5) is 16.4. The van der Waals surface area contributed by atoms with Gasteiger partial charge < -0.3 is 14.4 Å². The van der Waals surface area contributed by atoms with Gasteiger partial charge in [0.25, 0.3) is 0 Å². The van der Waals surface area contributed by atoms with Crippen molar-refractivity contribution in [3.05, 3.63) is 65.0 Å². The Morgan fingerprint density at radius 3 is 2.48 bits per heavy atom. The lowest BCUT2D eigenvalue weighted by Crippen LogP contribution is -2.42. The van der Waals surface area contributed by atoms with Crippen molar-refractivity contribution in [2.45, 2.75) is 44.2 Å². The van der Waals surface area contributed by atoms with Crippen LogP contribution in [0.1, 0.15) is 49.3 Å². The average molecular weight is 453 g/mol. The Bertz CT molecular complexity index is 999. The first kappa shape index (κ1) is 23.5. The fourth-order valence-corrected chi connectivity index (χ4v) is 4.81. The third kappa shape index (κ3) is 5.12. The topological polar surface area (TPSA) is 42.0 Å². The normalized spacial score (nSPS) is 20.4. The first-order valence-electron chi connectivity index (χ1n) is 11.7. The van der Waals surface area contributed by atoms with Crippen LogP contribution in [0.3, 0.4) is 0 Å². The third-order valence-corrected chi connectivity index (χ3v) is 6.97. The number of benzene rings is 2. The molecule has 2 amide bonds. The zero-order chi connectivity index (χ0) is 23.4. The molecular weight excluding hydrogens is 419 g/mol. The zero-order valence-electron chi connectivity index (χ0n) is 19.7. The van der Waals surface area contributed by atoms with Gasteiger partial charge in [0.05, 0.1) is 5.60 Å². The molecule has 0 radical (unpaired) electrons. The highest BCUT2D eigenvalue weighted by Gasteiger charge is 2.35. The quantitative estimate of drug-likeness (QED) is 0.548. The van der Waals surface area contributed by atoms with E-state index in [0.29, 0.717) is 26.1 Å². The van der Waals surface area contributed by atoms with E-state index >= 15 is 0 Å². The molecule has 2 aromatic carbocycles. The number of amides is 2. The van der Waals surface area contributed by atoms with Crippen LogP contribution < -0.4 is 4.90 Å². The predicted octanol–water partition coefficient (Wildman–Crippen LogP) is 5.69. The van der Waals surface area contributed by atoms with E-state index in [0.717, 1.165) is 41.8 Å². The van der Waals surface area contributed by atoms with Crippen LogP contribution in [0.5, 0.6) is 0 Å². The molecule has 1 atom stereocenters. The molecule has 2 aromatic rings. The number of carbonyl (C=O) groups is 1. The van der Waals surface area contributed by atoms with Crippen LogP contribution in [0, 0.1) is 5.82 Å². The van der Waals surface area contributed by atoms with E-state index in [1.807, 2.05) is 54.4 Å². The van der Waals surface area contributed by atoms with E-state index < -0.39 is 5.60 Å². The van der Waals surface area contributed by atoms with Crippen LogP contribution in [0.15, 0.2) is 42.5 Å². The number of nitrogens with zero attached hydrogens (tertiary/aromatic N) is 2. The molecule has 0 aromatic heterocycles. The molecule has 0 spiro atoms. The number of ether oxygens (including phenoxy) is 2. The van der Waals surface area contributed by atoms with Crippen molar-refractivity contribution in [2.24, 2.45) is 0 Å². The SMILES string of the molecule is COC1(c2cc(F)cc(C=Cc3ccc(N(C)C(=O)N4CCCC4C)cc3)c2)CCOCC1. The number of rotatable bonds is 5. The van der Waals surface area contributed by atoms with Gasteiger partial charge >= 0.3 is 6.03 Å². The number of hydrogen-bond donors (Lipinski definition) is 0. The number of halogens is 1. The Kier molecular flexibility index (Phi) is 7.15. The summed E-state index contributed by atoms with van der Waals surface area (Å²) in [6.45, 7) is 4.13. The molecule has 5 nitrogen and oxygen atoms in total. The first-order valence-corrected chi connectivity index (χ1v) is 11.7. The predicted molar refractivity (Wildman–Crippen MR) is 130 cm³/mol. The van der Waals surface area contributed by atoms with Crippen LogP contribution in [-0.4, -0.2) is 50.9 Å². The van der Waals surface area contributed by atoms with Gasteiger partial charge in [0.1, 0.15) is 5.82 Å². The molecule has 0 aliphatic carbocycles. The fraction of sp³-hybridized carbons (Fsp3) is 0.444. The standard InChI is InChI=1S/C27H33FN2O3/c1-20-5-4-14-30(20)26(31)29(2)25-10-8-21(9-11-25)6-7-22-17-23(19-24(28)18-22)27(32-3)12-15-33-16-13-27/h6-11,17-20H,4-5,12-16H2,1-3H3. The molecule has 6 heteroatoms. The van der Waals surface area contributed by atoms with Gasteiger partial charge in [-0.15, -0.1) is 0 Å². The van der Waals surface area contributed by atoms with Gasteiger partial charge in [-0.3, -0.25) is 4.90 Å². The van der Waals surface area contributed by atoms with Gasteiger partial charge in [0.15, 0.2) is 0 Å². The number of carbonyl (C=O) groups excluding carboxylic acids is 1. The number of likely N-dealkylation sites (tertiary alicyclic amines) is 1. The van der Waals surface area contributed by atoms with Crippen molar-refractivity contribution in [3.8, 4) is 0 Å². The Labute approximate surface area is 195 Å². The Morgan fingerprint density at radius 1 is 1.15 bits per heavy atom. The fourth-order valence-electron chi connectivity index (χ4n) is 4.81. The summed E-state index contributed by atoms with van der Waals surface area (Å²) in [7, 11) is 3.49. The second kappa shape index (κ2) is 10.1. The summed E-state index contributed by atoms with van der Waals surface area (Å²) in [6, 6.07) is 13.2. The summed E-state index contributed by atoms with van der Waals surface area (Å²) in [5, 5.41) is 0. The second-order valence-corrected chi connectivity index (χ2v) is 9.04. The summed E-state index contributed by atoms with van der Waals surface area (Å²) < 4.78 is 25.7. The van der Waals surface area contributed by atoms with E-state index in [-0.39, 0.29) is 17.9 Å². The maximum absolute atomic E-state index is 14.4. The Hall–Kier alpha value is -2.70. The molecule has 1 unspecified atom stereocenters. The molecule has 0 saturated carbocycles. The van der Waals surface area contributed by atoms with E-state index in [9.17, 15) is 9.18 Å². The molecule has 2 aliphatic heterocycles. The van der Waals surface area contributed by atoms with Crippen molar-refractivity contribution in [3.63, 3.8) is 0 Å². The van der Waals surface area contributed by atoms with Crippen molar-refractivity contribution < 1.29 is 18.7 Å². The zero-order valence-corrected chi connectivity index (χ0v) is 19.7. The van der Waals surface area contributed by atoms with E-state index in [1.54, 1.807) is 18.1 Å². The van der Waals surface area contributed by atoms with Crippen LogP contribution in [0.4, 0.5) is 14.9 Å². The van der Waals surface area contributed by atoms with Gasteiger partial charge in [-0.25, -0.2) is 9.18 Å². The van der Waals surface area contributed by atoms with Gasteiger partial charge in [0.2, 0.25) is 0 Å². The average Bonchev–Trinajstić information content (AvgIpc) is 3.28. The van der Waals surface area contributed by atoms with Crippen LogP contribution >= 0.6 is 0 Å². The summed E-state index contributed by atoms with van der Waals surface area (Å²) >= 11 is 0. The van der Waals surface area contributed by atoms with Crippen molar-refractivity contribution >= 4 is 23.9 Å². The van der Waals surface area contributed by atoms with E-state index in [2.05, 4.69) is 6.92 Å². The Morgan fingerprint density at radius 2 is 1.85 bits per heavy atom. The number of methoxy groups -OCH3 is 1. The molecule has 4 rings (SSSR count). The lowest BCUT2D eigenvalue weighted by Gasteiger charge is -2.36. The lowest BCUT2D eigenvalue weighted by atomic mass is 9.85. The maximum atomic E-state index is 14.4. The maximum Gasteiger partial charge on any atom is 0.324 e. The van der Waals surface area contributed by atoms with Crippen molar-refractivity contribution in [2.75, 3.05) is 38.8 Å². The smallest absolute Gasteiger partial charge is 0.324 e. The van der Waals surface area contributed by atoms with Gasteiger partial charge in [-0.05, 0) is 66.8 Å². The molecule has 0 N–H and O–H groups in total.